The first-order chi connectivity index (χ1) is 14.5. The van der Waals surface area contributed by atoms with Gasteiger partial charge in [0.05, 0.1) is 11.0 Å². The van der Waals surface area contributed by atoms with Gasteiger partial charge in [0.1, 0.15) is 18.5 Å². The molecule has 2 aromatic rings. The van der Waals surface area contributed by atoms with Crippen molar-refractivity contribution in [1.29, 1.82) is 0 Å². The van der Waals surface area contributed by atoms with E-state index in [1.54, 1.807) is 12.1 Å². The average molecular weight is 413 g/mol. The molecule has 0 bridgehead atoms. The summed E-state index contributed by atoms with van der Waals surface area (Å²) in [5, 5.41) is 21.1. The van der Waals surface area contributed by atoms with Crippen molar-refractivity contribution in [2.75, 3.05) is 39.3 Å². The molecule has 160 valence electrons. The van der Waals surface area contributed by atoms with E-state index in [-0.39, 0.29) is 18.2 Å². The number of nitro groups is 1. The second-order valence-corrected chi connectivity index (χ2v) is 7.36. The maximum Gasteiger partial charge on any atom is 0.273 e. The maximum atomic E-state index is 12.7. The molecule has 8 heteroatoms. The minimum absolute atomic E-state index is 0.0341. The first kappa shape index (κ1) is 21.7. The average Bonchev–Trinajstić information content (AvgIpc) is 2.78. The van der Waals surface area contributed by atoms with Crippen LogP contribution in [0.1, 0.15) is 22.8 Å². The Morgan fingerprint density at radius 3 is 2.50 bits per heavy atom. The maximum absolute atomic E-state index is 12.7. The van der Waals surface area contributed by atoms with E-state index in [2.05, 4.69) is 11.8 Å². The summed E-state index contributed by atoms with van der Waals surface area (Å²) in [6, 6.07) is 13.6. The topological polar surface area (TPSA) is 96.2 Å². The minimum atomic E-state index is -0.729. The summed E-state index contributed by atoms with van der Waals surface area (Å²) in [5.74, 6) is 0.389. The SMILES string of the molecule is CCc1ccc(C(=O)N2CCN(CC(O)COc3cccc([N+](=O)[O-])c3)CC2)cc1. The van der Waals surface area contributed by atoms with Gasteiger partial charge in [-0.2, -0.15) is 0 Å². The minimum Gasteiger partial charge on any atom is -0.491 e. The van der Waals surface area contributed by atoms with Crippen molar-refractivity contribution >= 4 is 11.6 Å². The second-order valence-electron chi connectivity index (χ2n) is 7.36. The monoisotopic (exact) mass is 413 g/mol. The summed E-state index contributed by atoms with van der Waals surface area (Å²) < 4.78 is 5.49. The number of aliphatic hydroxyl groups is 1. The number of ether oxygens (including phenoxy) is 1. The molecule has 1 aliphatic heterocycles. The van der Waals surface area contributed by atoms with Gasteiger partial charge in [-0.25, -0.2) is 0 Å². The Morgan fingerprint density at radius 1 is 1.17 bits per heavy atom. The molecule has 1 saturated heterocycles. The third-order valence-electron chi connectivity index (χ3n) is 5.21. The van der Waals surface area contributed by atoms with E-state index in [9.17, 15) is 20.0 Å². The molecule has 1 fully saturated rings. The van der Waals surface area contributed by atoms with E-state index >= 15 is 0 Å². The van der Waals surface area contributed by atoms with Crippen LogP contribution in [0.4, 0.5) is 5.69 Å². The van der Waals surface area contributed by atoms with Gasteiger partial charge in [0.2, 0.25) is 0 Å². The number of aliphatic hydroxyl groups excluding tert-OH is 1. The van der Waals surface area contributed by atoms with Crippen LogP contribution in [0.5, 0.6) is 5.75 Å². The van der Waals surface area contributed by atoms with Crippen molar-refractivity contribution in [1.82, 2.24) is 9.80 Å². The Morgan fingerprint density at radius 2 is 1.87 bits per heavy atom. The lowest BCUT2D eigenvalue weighted by atomic mass is 10.1. The molecule has 0 radical (unpaired) electrons. The van der Waals surface area contributed by atoms with Crippen molar-refractivity contribution in [3.05, 3.63) is 69.8 Å². The summed E-state index contributed by atoms with van der Waals surface area (Å²) in [6.45, 7) is 5.10. The van der Waals surface area contributed by atoms with Crippen molar-refractivity contribution < 1.29 is 19.6 Å². The predicted molar refractivity (Wildman–Crippen MR) is 113 cm³/mol. The molecule has 2 aromatic carbocycles. The first-order valence-electron chi connectivity index (χ1n) is 10.1. The smallest absolute Gasteiger partial charge is 0.273 e. The molecular formula is C22H27N3O5. The normalized spacial score (nSPS) is 15.6. The fourth-order valence-electron chi connectivity index (χ4n) is 3.43. The van der Waals surface area contributed by atoms with E-state index in [0.29, 0.717) is 44.0 Å². The number of aryl methyl sites for hydroxylation is 1. The Labute approximate surface area is 175 Å². The van der Waals surface area contributed by atoms with Crippen LogP contribution in [0, 0.1) is 10.1 Å². The van der Waals surface area contributed by atoms with Gasteiger partial charge in [-0.1, -0.05) is 25.1 Å². The number of carbonyl (C=O) groups excluding carboxylic acids is 1. The van der Waals surface area contributed by atoms with Gasteiger partial charge in [0.15, 0.2) is 0 Å². The first-order valence-corrected chi connectivity index (χ1v) is 10.1. The number of amides is 1. The number of piperazine rings is 1. The zero-order valence-corrected chi connectivity index (χ0v) is 17.1. The summed E-state index contributed by atoms with van der Waals surface area (Å²) in [4.78, 5) is 26.9. The zero-order valence-electron chi connectivity index (χ0n) is 17.1. The summed E-state index contributed by atoms with van der Waals surface area (Å²) >= 11 is 0. The van der Waals surface area contributed by atoms with Gasteiger partial charge in [-0.3, -0.25) is 19.8 Å². The number of benzene rings is 2. The van der Waals surface area contributed by atoms with Gasteiger partial charge in [-0.15, -0.1) is 0 Å². The Bertz CT molecular complexity index is 863. The van der Waals surface area contributed by atoms with Crippen LogP contribution in [-0.4, -0.2) is 71.2 Å². The number of non-ortho nitro benzene ring substituents is 1. The fourth-order valence-corrected chi connectivity index (χ4v) is 3.43. The van der Waals surface area contributed by atoms with Crippen LogP contribution in [-0.2, 0) is 6.42 Å². The molecule has 0 aliphatic carbocycles. The molecule has 1 heterocycles. The molecule has 1 amide bonds. The fraction of sp³-hybridized carbons (Fsp3) is 0.409. The third kappa shape index (κ3) is 5.77. The molecule has 0 aromatic heterocycles. The summed E-state index contributed by atoms with van der Waals surface area (Å²) in [7, 11) is 0. The highest BCUT2D eigenvalue weighted by Gasteiger charge is 2.23. The van der Waals surface area contributed by atoms with Crippen molar-refractivity contribution in [2.45, 2.75) is 19.4 Å². The summed E-state index contributed by atoms with van der Waals surface area (Å²) in [5.41, 5.74) is 1.86. The highest BCUT2D eigenvalue weighted by Crippen LogP contribution is 2.19. The van der Waals surface area contributed by atoms with E-state index < -0.39 is 11.0 Å². The largest absolute Gasteiger partial charge is 0.491 e. The van der Waals surface area contributed by atoms with E-state index in [1.165, 1.54) is 17.7 Å². The lowest BCUT2D eigenvalue weighted by Crippen LogP contribution is -2.50. The molecular weight excluding hydrogens is 386 g/mol. The van der Waals surface area contributed by atoms with E-state index in [1.807, 2.05) is 29.2 Å². The van der Waals surface area contributed by atoms with Crippen molar-refractivity contribution in [2.24, 2.45) is 0 Å². The quantitative estimate of drug-likeness (QED) is 0.527. The number of nitro benzene ring substituents is 1. The van der Waals surface area contributed by atoms with Crippen LogP contribution in [0.2, 0.25) is 0 Å². The number of β-amino-alcohol motifs (C(OH)–C–C–N with tert-alkyl or cyclic N) is 1. The number of nitrogens with zero attached hydrogens (tertiary/aromatic N) is 3. The van der Waals surface area contributed by atoms with Crippen LogP contribution < -0.4 is 4.74 Å². The van der Waals surface area contributed by atoms with Gasteiger partial charge in [-0.05, 0) is 30.2 Å². The Kier molecular flexibility index (Phi) is 7.37. The molecule has 8 nitrogen and oxygen atoms in total. The third-order valence-corrected chi connectivity index (χ3v) is 5.21. The summed E-state index contributed by atoms with van der Waals surface area (Å²) in [6.07, 6.45) is 0.216. The number of hydrogen-bond donors (Lipinski definition) is 1. The van der Waals surface area contributed by atoms with Gasteiger partial charge >= 0.3 is 0 Å². The van der Waals surface area contributed by atoms with Crippen molar-refractivity contribution in [3.8, 4) is 5.75 Å². The zero-order chi connectivity index (χ0) is 21.5. The van der Waals surface area contributed by atoms with Gasteiger partial charge < -0.3 is 14.7 Å². The lowest BCUT2D eigenvalue weighted by Gasteiger charge is -2.35. The number of hydrogen-bond acceptors (Lipinski definition) is 6. The van der Waals surface area contributed by atoms with E-state index in [0.717, 1.165) is 6.42 Å². The highest BCUT2D eigenvalue weighted by atomic mass is 16.6. The number of carbonyl (C=O) groups is 1. The molecule has 0 saturated carbocycles. The standard InChI is InChI=1S/C22H27N3O5/c1-2-17-6-8-18(9-7-17)22(27)24-12-10-23(11-13-24)15-20(26)16-30-21-5-3-4-19(14-21)25(28)29/h3-9,14,20,26H,2,10-13,15-16H2,1H3. The molecule has 1 aliphatic rings. The van der Waals surface area contributed by atoms with Crippen molar-refractivity contribution in [3.63, 3.8) is 0 Å². The molecule has 1 unspecified atom stereocenters. The molecule has 0 spiro atoms. The molecule has 1 atom stereocenters. The van der Waals surface area contributed by atoms with Gasteiger partial charge in [0, 0.05) is 44.4 Å². The molecule has 3 rings (SSSR count). The van der Waals surface area contributed by atoms with Crippen LogP contribution >= 0.6 is 0 Å². The van der Waals surface area contributed by atoms with Crippen LogP contribution in [0.15, 0.2) is 48.5 Å². The number of rotatable bonds is 8. The second kappa shape index (κ2) is 10.2. The lowest BCUT2D eigenvalue weighted by molar-refractivity contribution is -0.384. The van der Waals surface area contributed by atoms with Crippen LogP contribution in [0.3, 0.4) is 0 Å². The highest BCUT2D eigenvalue weighted by molar-refractivity contribution is 5.94. The molecule has 30 heavy (non-hydrogen) atoms. The Hall–Kier alpha value is -2.97. The Balaban J connectivity index is 1.43. The predicted octanol–water partition coefficient (Wildman–Crippen LogP) is 2.35. The van der Waals surface area contributed by atoms with Crippen LogP contribution in [0.25, 0.3) is 0 Å². The van der Waals surface area contributed by atoms with Gasteiger partial charge in [0.25, 0.3) is 11.6 Å². The molecule has 1 N–H and O–H groups in total. The van der Waals surface area contributed by atoms with E-state index in [4.69, 9.17) is 4.74 Å².